The van der Waals surface area contributed by atoms with Gasteiger partial charge in [0.1, 0.15) is 11.6 Å². The molecule has 0 rings (SSSR count). The summed E-state index contributed by atoms with van der Waals surface area (Å²) in [6.45, 7) is 4.22. The zero-order chi connectivity index (χ0) is 12.2. The van der Waals surface area contributed by atoms with Crippen molar-refractivity contribution in [3.63, 3.8) is 0 Å². The Morgan fingerprint density at radius 3 is 1.56 bits per heavy atom. The van der Waals surface area contributed by atoms with Crippen LogP contribution in [0.4, 0.5) is 0 Å². The highest BCUT2D eigenvalue weighted by molar-refractivity contribution is 5.81. The largest absolute Gasteiger partial charge is 0.300 e. The number of Topliss-reactive ketones (excluding diaryl/α,β-unsaturated/α-hetero) is 2. The summed E-state index contributed by atoms with van der Waals surface area (Å²) < 4.78 is 0. The fourth-order valence-electron chi connectivity index (χ4n) is 1.68. The van der Waals surface area contributed by atoms with E-state index in [4.69, 9.17) is 0 Å². The van der Waals surface area contributed by atoms with E-state index in [2.05, 4.69) is 13.8 Å². The van der Waals surface area contributed by atoms with Gasteiger partial charge in [-0.3, -0.25) is 9.59 Å². The van der Waals surface area contributed by atoms with Gasteiger partial charge in [-0.25, -0.2) is 0 Å². The first-order valence-electron chi connectivity index (χ1n) is 6.74. The Hall–Kier alpha value is -0.660. The van der Waals surface area contributed by atoms with Crippen molar-refractivity contribution < 1.29 is 9.59 Å². The average Bonchev–Trinajstić information content (AvgIpc) is 2.26. The molecule has 0 atom stereocenters. The molecule has 0 aliphatic rings. The van der Waals surface area contributed by atoms with Crippen molar-refractivity contribution in [2.24, 2.45) is 0 Å². The molecule has 0 aliphatic heterocycles. The molecule has 0 saturated carbocycles. The van der Waals surface area contributed by atoms with Gasteiger partial charge in [-0.15, -0.1) is 0 Å². The first-order valence-corrected chi connectivity index (χ1v) is 6.74. The molecule has 0 saturated heterocycles. The Labute approximate surface area is 99.8 Å². The fourth-order valence-corrected chi connectivity index (χ4v) is 1.68. The van der Waals surface area contributed by atoms with Crippen molar-refractivity contribution in [3.8, 4) is 0 Å². The van der Waals surface area contributed by atoms with E-state index in [1.807, 2.05) is 0 Å². The van der Waals surface area contributed by atoms with Crippen LogP contribution in [0.5, 0.6) is 0 Å². The van der Waals surface area contributed by atoms with Crippen LogP contribution < -0.4 is 0 Å². The Morgan fingerprint density at radius 2 is 1.06 bits per heavy atom. The Balaban J connectivity index is 3.36. The molecule has 2 nitrogen and oxygen atoms in total. The molecule has 0 bridgehead atoms. The van der Waals surface area contributed by atoms with Crippen LogP contribution >= 0.6 is 0 Å². The van der Waals surface area contributed by atoms with Crippen LogP contribution in [0, 0.1) is 0 Å². The molecule has 0 aromatic carbocycles. The Morgan fingerprint density at radius 1 is 0.625 bits per heavy atom. The lowest BCUT2D eigenvalue weighted by molar-refractivity contribution is -0.120. The molecule has 0 aromatic heterocycles. The minimum Gasteiger partial charge on any atom is -0.300 e. The summed E-state index contributed by atoms with van der Waals surface area (Å²) in [6.07, 6.45) is 8.72. The van der Waals surface area contributed by atoms with Gasteiger partial charge < -0.3 is 0 Å². The fraction of sp³-hybridized carbons (Fsp3) is 0.857. The van der Waals surface area contributed by atoms with Crippen molar-refractivity contribution in [1.82, 2.24) is 0 Å². The minimum atomic E-state index is 0.322. The SMILES string of the molecule is CCCCCC(=O)CCCC(=O)CCCC. The summed E-state index contributed by atoms with van der Waals surface area (Å²) >= 11 is 0. The third-order valence-electron chi connectivity index (χ3n) is 2.78. The second-order valence-electron chi connectivity index (χ2n) is 4.49. The standard InChI is InChI=1S/C14H26O2/c1-3-5-7-10-14(16)12-8-11-13(15)9-6-4-2/h3-12H2,1-2H3. The monoisotopic (exact) mass is 226 g/mol. The van der Waals surface area contributed by atoms with E-state index in [0.717, 1.165) is 38.5 Å². The van der Waals surface area contributed by atoms with Crippen LogP contribution in [-0.4, -0.2) is 11.6 Å². The Bertz CT molecular complexity index is 197. The lowest BCUT2D eigenvalue weighted by Gasteiger charge is -2.01. The maximum Gasteiger partial charge on any atom is 0.132 e. The average molecular weight is 226 g/mol. The Kier molecular flexibility index (Phi) is 10.4. The summed E-state index contributed by atoms with van der Waals surface area (Å²) in [5.41, 5.74) is 0. The first kappa shape index (κ1) is 15.3. The molecule has 0 aliphatic carbocycles. The highest BCUT2D eigenvalue weighted by atomic mass is 16.1. The molecule has 0 fully saturated rings. The highest BCUT2D eigenvalue weighted by Gasteiger charge is 2.05. The van der Waals surface area contributed by atoms with Crippen molar-refractivity contribution in [3.05, 3.63) is 0 Å². The second kappa shape index (κ2) is 10.8. The van der Waals surface area contributed by atoms with Crippen LogP contribution in [0.1, 0.15) is 78.1 Å². The number of unbranched alkanes of at least 4 members (excludes halogenated alkanes) is 3. The second-order valence-corrected chi connectivity index (χ2v) is 4.49. The molecule has 0 heterocycles. The molecular formula is C14H26O2. The van der Waals surface area contributed by atoms with E-state index in [1.165, 1.54) is 0 Å². The van der Waals surface area contributed by atoms with E-state index in [1.54, 1.807) is 0 Å². The molecule has 0 unspecified atom stereocenters. The van der Waals surface area contributed by atoms with Crippen molar-refractivity contribution in [1.29, 1.82) is 0 Å². The van der Waals surface area contributed by atoms with Gasteiger partial charge in [-0.1, -0.05) is 33.1 Å². The smallest absolute Gasteiger partial charge is 0.132 e. The van der Waals surface area contributed by atoms with Crippen LogP contribution in [-0.2, 0) is 9.59 Å². The summed E-state index contributed by atoms with van der Waals surface area (Å²) in [5.74, 6) is 0.653. The van der Waals surface area contributed by atoms with Crippen molar-refractivity contribution in [2.45, 2.75) is 78.1 Å². The predicted octanol–water partition coefficient (Wildman–Crippen LogP) is 4.07. The molecule has 2 heteroatoms. The lowest BCUT2D eigenvalue weighted by atomic mass is 10.0. The molecule has 94 valence electrons. The van der Waals surface area contributed by atoms with Gasteiger partial charge in [0.25, 0.3) is 0 Å². The molecule has 0 amide bonds. The van der Waals surface area contributed by atoms with Gasteiger partial charge in [-0.05, 0) is 19.3 Å². The van der Waals surface area contributed by atoms with E-state index in [-0.39, 0.29) is 0 Å². The van der Waals surface area contributed by atoms with Crippen LogP contribution in [0.25, 0.3) is 0 Å². The quantitative estimate of drug-likeness (QED) is 0.498. The molecule has 0 radical (unpaired) electrons. The number of hydrogen-bond donors (Lipinski definition) is 0. The zero-order valence-corrected chi connectivity index (χ0v) is 10.9. The molecule has 0 aromatic rings. The summed E-state index contributed by atoms with van der Waals surface area (Å²) in [6, 6.07) is 0. The number of hydrogen-bond acceptors (Lipinski definition) is 2. The first-order chi connectivity index (χ1) is 7.70. The highest BCUT2D eigenvalue weighted by Crippen LogP contribution is 2.07. The van der Waals surface area contributed by atoms with E-state index >= 15 is 0 Å². The number of carbonyl (C=O) groups is 2. The van der Waals surface area contributed by atoms with Crippen molar-refractivity contribution >= 4 is 11.6 Å². The lowest BCUT2D eigenvalue weighted by Crippen LogP contribution is -2.02. The molecule has 0 spiro atoms. The minimum absolute atomic E-state index is 0.322. The predicted molar refractivity (Wildman–Crippen MR) is 67.5 cm³/mol. The number of carbonyl (C=O) groups excluding carboxylic acids is 2. The van der Waals surface area contributed by atoms with Gasteiger partial charge in [0, 0.05) is 25.7 Å². The number of rotatable bonds is 11. The van der Waals surface area contributed by atoms with Gasteiger partial charge >= 0.3 is 0 Å². The summed E-state index contributed by atoms with van der Waals surface area (Å²) in [5, 5.41) is 0. The van der Waals surface area contributed by atoms with Crippen LogP contribution in [0.3, 0.4) is 0 Å². The maximum absolute atomic E-state index is 11.4. The van der Waals surface area contributed by atoms with Crippen molar-refractivity contribution in [2.75, 3.05) is 0 Å². The number of ketones is 2. The third kappa shape index (κ3) is 9.88. The van der Waals surface area contributed by atoms with Crippen LogP contribution in [0.2, 0.25) is 0 Å². The van der Waals surface area contributed by atoms with Crippen LogP contribution in [0.15, 0.2) is 0 Å². The normalized spacial score (nSPS) is 10.4. The van der Waals surface area contributed by atoms with E-state index in [9.17, 15) is 9.59 Å². The van der Waals surface area contributed by atoms with Gasteiger partial charge in [-0.2, -0.15) is 0 Å². The van der Waals surface area contributed by atoms with Gasteiger partial charge in [0.05, 0.1) is 0 Å². The molecule has 16 heavy (non-hydrogen) atoms. The van der Waals surface area contributed by atoms with E-state index in [0.29, 0.717) is 37.2 Å². The third-order valence-corrected chi connectivity index (χ3v) is 2.78. The van der Waals surface area contributed by atoms with Gasteiger partial charge in [0.2, 0.25) is 0 Å². The summed E-state index contributed by atoms with van der Waals surface area (Å²) in [4.78, 5) is 22.7. The van der Waals surface area contributed by atoms with Gasteiger partial charge in [0.15, 0.2) is 0 Å². The maximum atomic E-state index is 11.4. The van der Waals surface area contributed by atoms with E-state index < -0.39 is 0 Å². The molecule has 0 N–H and O–H groups in total. The summed E-state index contributed by atoms with van der Waals surface area (Å²) in [7, 11) is 0. The zero-order valence-electron chi connectivity index (χ0n) is 10.9. The molecular weight excluding hydrogens is 200 g/mol. The topological polar surface area (TPSA) is 34.1 Å².